The summed E-state index contributed by atoms with van der Waals surface area (Å²) in [6.07, 6.45) is 1.80. The molecular formula is C7H12O3. The minimum atomic E-state index is -0.288. The lowest BCUT2D eigenvalue weighted by Gasteiger charge is -2.04. The molecule has 1 N–H and O–H groups in total. The molecule has 1 saturated carbocycles. The number of carbonyl (C=O) groups is 1. The molecule has 0 aliphatic heterocycles. The summed E-state index contributed by atoms with van der Waals surface area (Å²) in [4.78, 5) is 10.8. The van der Waals surface area contributed by atoms with Crippen molar-refractivity contribution in [2.45, 2.75) is 25.4 Å². The molecule has 0 aromatic heterocycles. The summed E-state index contributed by atoms with van der Waals surface area (Å²) in [6, 6.07) is 0. The van der Waals surface area contributed by atoms with Crippen LogP contribution in [0.1, 0.15) is 19.3 Å². The van der Waals surface area contributed by atoms with E-state index in [0.29, 0.717) is 6.42 Å². The van der Waals surface area contributed by atoms with Crippen LogP contribution in [0.25, 0.3) is 0 Å². The number of esters is 1. The fourth-order valence-corrected chi connectivity index (χ4v) is 1.34. The molecule has 3 nitrogen and oxygen atoms in total. The summed E-state index contributed by atoms with van der Waals surface area (Å²) >= 11 is 0. The topological polar surface area (TPSA) is 46.5 Å². The first-order valence-electron chi connectivity index (χ1n) is 3.50. The summed E-state index contributed by atoms with van der Waals surface area (Å²) in [5, 5.41) is 9.04. The predicted octanol–water partition coefficient (Wildman–Crippen LogP) is 0.320. The maximum Gasteiger partial charge on any atom is 0.308 e. The first kappa shape index (κ1) is 7.54. The van der Waals surface area contributed by atoms with Gasteiger partial charge in [-0.2, -0.15) is 0 Å². The van der Waals surface area contributed by atoms with E-state index in [1.165, 1.54) is 7.11 Å². The van der Waals surface area contributed by atoms with Crippen molar-refractivity contribution in [2.75, 3.05) is 7.11 Å². The maximum absolute atomic E-state index is 10.8. The molecule has 0 saturated heterocycles. The summed E-state index contributed by atoms with van der Waals surface area (Å²) in [6.45, 7) is 0. The predicted molar refractivity (Wildman–Crippen MR) is 35.4 cm³/mol. The number of rotatable bonds is 1. The van der Waals surface area contributed by atoms with Crippen LogP contribution in [0.4, 0.5) is 0 Å². The second-order valence-electron chi connectivity index (χ2n) is 2.69. The van der Waals surface area contributed by atoms with E-state index in [-0.39, 0.29) is 18.0 Å². The Morgan fingerprint density at radius 1 is 1.60 bits per heavy atom. The molecule has 1 aliphatic rings. The van der Waals surface area contributed by atoms with E-state index >= 15 is 0 Å². The Kier molecular flexibility index (Phi) is 2.27. The third kappa shape index (κ3) is 1.48. The first-order valence-corrected chi connectivity index (χ1v) is 3.50. The van der Waals surface area contributed by atoms with Crippen molar-refractivity contribution in [1.29, 1.82) is 0 Å². The van der Waals surface area contributed by atoms with E-state index in [1.54, 1.807) is 0 Å². The molecule has 58 valence electrons. The third-order valence-electron chi connectivity index (χ3n) is 1.94. The van der Waals surface area contributed by atoms with Crippen LogP contribution in [0.15, 0.2) is 0 Å². The zero-order chi connectivity index (χ0) is 7.56. The van der Waals surface area contributed by atoms with Gasteiger partial charge >= 0.3 is 5.97 Å². The van der Waals surface area contributed by atoms with Crippen LogP contribution < -0.4 is 0 Å². The lowest BCUT2D eigenvalue weighted by Crippen LogP contribution is -2.13. The largest absolute Gasteiger partial charge is 0.469 e. The van der Waals surface area contributed by atoms with E-state index in [1.807, 2.05) is 0 Å². The van der Waals surface area contributed by atoms with Crippen LogP contribution in [-0.2, 0) is 9.53 Å². The zero-order valence-corrected chi connectivity index (χ0v) is 6.04. The number of ether oxygens (including phenoxy) is 1. The molecule has 0 heterocycles. The lowest BCUT2D eigenvalue weighted by atomic mass is 10.1. The highest BCUT2D eigenvalue weighted by Crippen LogP contribution is 2.25. The van der Waals surface area contributed by atoms with Crippen molar-refractivity contribution >= 4 is 5.97 Å². The standard InChI is InChI=1S/C7H12O3/c1-10-7(9)5-2-3-6(8)4-5/h5-6,8H,2-4H2,1H3/t5-,6-/m0/s1. The molecule has 0 unspecified atom stereocenters. The van der Waals surface area contributed by atoms with Crippen molar-refractivity contribution in [1.82, 2.24) is 0 Å². The molecule has 0 aromatic carbocycles. The van der Waals surface area contributed by atoms with E-state index < -0.39 is 0 Å². The molecular weight excluding hydrogens is 132 g/mol. The van der Waals surface area contributed by atoms with Crippen molar-refractivity contribution < 1.29 is 14.6 Å². The molecule has 2 atom stereocenters. The van der Waals surface area contributed by atoms with Crippen LogP contribution in [0.3, 0.4) is 0 Å². The number of carbonyl (C=O) groups excluding carboxylic acids is 1. The van der Waals surface area contributed by atoms with Gasteiger partial charge in [-0.05, 0) is 19.3 Å². The highest BCUT2D eigenvalue weighted by Gasteiger charge is 2.28. The monoisotopic (exact) mass is 144 g/mol. The molecule has 0 bridgehead atoms. The van der Waals surface area contributed by atoms with Gasteiger partial charge in [0.15, 0.2) is 0 Å². The third-order valence-corrected chi connectivity index (χ3v) is 1.94. The van der Waals surface area contributed by atoms with Crippen LogP contribution in [0, 0.1) is 5.92 Å². The Morgan fingerprint density at radius 2 is 2.30 bits per heavy atom. The average Bonchev–Trinajstić information content (AvgIpc) is 2.34. The maximum atomic E-state index is 10.8. The first-order chi connectivity index (χ1) is 4.74. The smallest absolute Gasteiger partial charge is 0.308 e. The fraction of sp³-hybridized carbons (Fsp3) is 0.857. The quantitative estimate of drug-likeness (QED) is 0.539. The van der Waals surface area contributed by atoms with E-state index in [4.69, 9.17) is 5.11 Å². The average molecular weight is 144 g/mol. The van der Waals surface area contributed by atoms with Crippen LogP contribution in [-0.4, -0.2) is 24.3 Å². The second-order valence-corrected chi connectivity index (χ2v) is 2.69. The molecule has 0 spiro atoms. The van der Waals surface area contributed by atoms with Gasteiger partial charge in [0.2, 0.25) is 0 Å². The van der Waals surface area contributed by atoms with Gasteiger partial charge in [0.1, 0.15) is 0 Å². The Hall–Kier alpha value is -0.570. The van der Waals surface area contributed by atoms with Gasteiger partial charge in [0.05, 0.1) is 19.1 Å². The minimum Gasteiger partial charge on any atom is -0.469 e. The van der Waals surface area contributed by atoms with E-state index in [2.05, 4.69) is 4.74 Å². The minimum absolute atomic E-state index is 0.0556. The molecule has 3 heteroatoms. The normalized spacial score (nSPS) is 32.2. The van der Waals surface area contributed by atoms with Crippen LogP contribution in [0.5, 0.6) is 0 Å². The zero-order valence-electron chi connectivity index (χ0n) is 6.04. The Morgan fingerprint density at radius 3 is 2.70 bits per heavy atom. The summed E-state index contributed by atoms with van der Waals surface area (Å²) < 4.78 is 4.53. The summed E-state index contributed by atoms with van der Waals surface area (Å²) in [5.41, 5.74) is 0. The van der Waals surface area contributed by atoms with Gasteiger partial charge in [-0.15, -0.1) is 0 Å². The van der Waals surface area contributed by atoms with Gasteiger partial charge in [-0.1, -0.05) is 0 Å². The number of methoxy groups -OCH3 is 1. The molecule has 0 radical (unpaired) electrons. The second kappa shape index (κ2) is 3.01. The molecule has 1 fully saturated rings. The number of hydrogen-bond acceptors (Lipinski definition) is 3. The van der Waals surface area contributed by atoms with Crippen LogP contribution in [0.2, 0.25) is 0 Å². The van der Waals surface area contributed by atoms with Gasteiger partial charge in [0, 0.05) is 0 Å². The van der Waals surface area contributed by atoms with Crippen molar-refractivity contribution in [3.05, 3.63) is 0 Å². The number of aliphatic hydroxyl groups is 1. The highest BCUT2D eigenvalue weighted by molar-refractivity contribution is 5.72. The van der Waals surface area contributed by atoms with Crippen molar-refractivity contribution in [3.8, 4) is 0 Å². The van der Waals surface area contributed by atoms with Crippen molar-refractivity contribution in [3.63, 3.8) is 0 Å². The van der Waals surface area contributed by atoms with Gasteiger partial charge in [0.25, 0.3) is 0 Å². The van der Waals surface area contributed by atoms with Crippen LogP contribution >= 0.6 is 0 Å². The lowest BCUT2D eigenvalue weighted by molar-refractivity contribution is -0.145. The highest BCUT2D eigenvalue weighted by atomic mass is 16.5. The van der Waals surface area contributed by atoms with Gasteiger partial charge in [-0.25, -0.2) is 0 Å². The number of aliphatic hydroxyl groups excluding tert-OH is 1. The number of hydrogen-bond donors (Lipinski definition) is 1. The Balaban J connectivity index is 2.37. The Bertz CT molecular complexity index is 133. The van der Waals surface area contributed by atoms with Gasteiger partial charge in [-0.3, -0.25) is 4.79 Å². The fourth-order valence-electron chi connectivity index (χ4n) is 1.34. The van der Waals surface area contributed by atoms with E-state index in [9.17, 15) is 4.79 Å². The van der Waals surface area contributed by atoms with Crippen molar-refractivity contribution in [2.24, 2.45) is 5.92 Å². The molecule has 0 aromatic rings. The molecule has 0 amide bonds. The molecule has 10 heavy (non-hydrogen) atoms. The van der Waals surface area contributed by atoms with Gasteiger partial charge < -0.3 is 9.84 Å². The Labute approximate surface area is 60.0 Å². The summed E-state index contributed by atoms with van der Waals surface area (Å²) in [7, 11) is 1.38. The summed E-state index contributed by atoms with van der Waals surface area (Å²) in [5.74, 6) is -0.239. The molecule has 1 aliphatic carbocycles. The molecule has 1 rings (SSSR count). The SMILES string of the molecule is COC(=O)[C@H]1CC[C@H](O)C1. The van der Waals surface area contributed by atoms with E-state index in [0.717, 1.165) is 12.8 Å².